The van der Waals surface area contributed by atoms with Gasteiger partial charge in [-0.2, -0.15) is 0 Å². The number of nitrogens with one attached hydrogen (secondary N) is 1. The maximum absolute atomic E-state index is 13.0. The zero-order valence-electron chi connectivity index (χ0n) is 17.6. The standard InChI is InChI=1S/C24H24N2O5/c1-4-11-26-21(14-9-10-18(30-2)19(12-14)31-3)20(23(28)24(26)29)22(27)16-13-25-17-8-6-5-7-15(16)17/h5-10,12-13,21,25,27H,4,11H2,1-3H3/b22-20-. The van der Waals surface area contributed by atoms with Gasteiger partial charge in [0, 0.05) is 29.2 Å². The van der Waals surface area contributed by atoms with E-state index >= 15 is 0 Å². The Bertz CT molecular complexity index is 1190. The number of ether oxygens (including phenoxy) is 2. The van der Waals surface area contributed by atoms with Crippen LogP contribution in [0.15, 0.2) is 54.2 Å². The Morgan fingerprint density at radius 1 is 1.10 bits per heavy atom. The highest BCUT2D eigenvalue weighted by Crippen LogP contribution is 2.42. The monoisotopic (exact) mass is 420 g/mol. The van der Waals surface area contributed by atoms with Crippen LogP contribution >= 0.6 is 0 Å². The maximum Gasteiger partial charge on any atom is 0.295 e. The molecule has 1 unspecified atom stereocenters. The fraction of sp³-hybridized carbons (Fsp3) is 0.250. The van der Waals surface area contributed by atoms with E-state index in [1.54, 1.807) is 24.4 Å². The molecule has 7 nitrogen and oxygen atoms in total. The number of amides is 1. The Morgan fingerprint density at radius 2 is 1.84 bits per heavy atom. The lowest BCUT2D eigenvalue weighted by atomic mass is 9.94. The number of H-pyrrole nitrogens is 1. The highest BCUT2D eigenvalue weighted by atomic mass is 16.5. The average molecular weight is 420 g/mol. The lowest BCUT2D eigenvalue weighted by Gasteiger charge is -2.25. The third-order valence-electron chi connectivity index (χ3n) is 5.57. The van der Waals surface area contributed by atoms with Gasteiger partial charge in [0.05, 0.1) is 25.8 Å². The Balaban J connectivity index is 1.93. The molecule has 1 atom stereocenters. The van der Waals surface area contributed by atoms with Crippen molar-refractivity contribution in [2.45, 2.75) is 19.4 Å². The molecule has 160 valence electrons. The van der Waals surface area contributed by atoms with Crippen molar-refractivity contribution in [1.29, 1.82) is 0 Å². The number of aromatic nitrogens is 1. The number of para-hydroxylation sites is 1. The van der Waals surface area contributed by atoms with E-state index in [2.05, 4.69) is 4.98 Å². The van der Waals surface area contributed by atoms with Crippen LogP contribution in [0.5, 0.6) is 11.5 Å². The molecule has 2 aromatic carbocycles. The van der Waals surface area contributed by atoms with Gasteiger partial charge in [-0.3, -0.25) is 9.59 Å². The van der Waals surface area contributed by atoms with Crippen molar-refractivity contribution in [3.05, 3.63) is 65.4 Å². The van der Waals surface area contributed by atoms with Crippen LogP contribution in [0.3, 0.4) is 0 Å². The molecule has 0 radical (unpaired) electrons. The summed E-state index contributed by atoms with van der Waals surface area (Å²) in [6.45, 7) is 2.32. The lowest BCUT2D eigenvalue weighted by Crippen LogP contribution is -2.30. The predicted molar refractivity (Wildman–Crippen MR) is 117 cm³/mol. The van der Waals surface area contributed by atoms with Crippen LogP contribution in [0.25, 0.3) is 16.7 Å². The summed E-state index contributed by atoms with van der Waals surface area (Å²) in [5.41, 5.74) is 2.03. The zero-order chi connectivity index (χ0) is 22.1. The van der Waals surface area contributed by atoms with E-state index in [1.165, 1.54) is 19.1 Å². The molecule has 7 heteroatoms. The quantitative estimate of drug-likeness (QED) is 0.357. The molecule has 0 aliphatic carbocycles. The van der Waals surface area contributed by atoms with Crippen LogP contribution in [0.1, 0.15) is 30.5 Å². The Kier molecular flexibility index (Phi) is 5.42. The molecule has 1 fully saturated rings. The second-order valence-corrected chi connectivity index (χ2v) is 7.35. The summed E-state index contributed by atoms with van der Waals surface area (Å²) in [5, 5.41) is 12.0. The number of hydrogen-bond acceptors (Lipinski definition) is 5. The number of aliphatic hydroxyl groups excluding tert-OH is 1. The van der Waals surface area contributed by atoms with Crippen molar-refractivity contribution in [3.8, 4) is 11.5 Å². The summed E-state index contributed by atoms with van der Waals surface area (Å²) in [5.74, 6) is -0.502. The van der Waals surface area contributed by atoms with E-state index in [1.807, 2.05) is 31.2 Å². The molecule has 0 saturated carbocycles. The minimum absolute atomic E-state index is 0.0652. The van der Waals surface area contributed by atoms with Gasteiger partial charge in [0.1, 0.15) is 5.76 Å². The lowest BCUT2D eigenvalue weighted by molar-refractivity contribution is -0.139. The van der Waals surface area contributed by atoms with Crippen LogP contribution in [-0.4, -0.2) is 47.4 Å². The van der Waals surface area contributed by atoms with Crippen molar-refractivity contribution in [2.75, 3.05) is 20.8 Å². The summed E-state index contributed by atoms with van der Waals surface area (Å²) in [7, 11) is 3.06. The number of benzene rings is 2. The van der Waals surface area contributed by atoms with Crippen molar-refractivity contribution >= 4 is 28.4 Å². The van der Waals surface area contributed by atoms with E-state index in [9.17, 15) is 14.7 Å². The maximum atomic E-state index is 13.0. The molecule has 2 N–H and O–H groups in total. The first-order chi connectivity index (χ1) is 15.0. The topological polar surface area (TPSA) is 91.9 Å². The van der Waals surface area contributed by atoms with Crippen LogP contribution in [0.4, 0.5) is 0 Å². The first-order valence-electron chi connectivity index (χ1n) is 10.1. The minimum atomic E-state index is -0.728. The molecule has 1 aliphatic heterocycles. The molecule has 31 heavy (non-hydrogen) atoms. The van der Waals surface area contributed by atoms with Gasteiger partial charge in [0.15, 0.2) is 11.5 Å². The van der Waals surface area contributed by atoms with Crippen molar-refractivity contribution < 1.29 is 24.2 Å². The second kappa shape index (κ2) is 8.18. The van der Waals surface area contributed by atoms with Crippen molar-refractivity contribution in [2.24, 2.45) is 0 Å². The fourth-order valence-electron chi connectivity index (χ4n) is 4.13. The number of nitrogens with zero attached hydrogens (tertiary/aromatic N) is 1. The molecule has 1 amide bonds. The molecule has 1 saturated heterocycles. The Hall–Kier alpha value is -3.74. The summed E-state index contributed by atoms with van der Waals surface area (Å²) < 4.78 is 10.7. The van der Waals surface area contributed by atoms with Crippen molar-refractivity contribution in [1.82, 2.24) is 9.88 Å². The number of ketones is 1. The van der Waals surface area contributed by atoms with Gasteiger partial charge in [0.2, 0.25) is 0 Å². The third kappa shape index (κ3) is 3.32. The fourth-order valence-corrected chi connectivity index (χ4v) is 4.13. The average Bonchev–Trinajstić information content (AvgIpc) is 3.33. The first kappa shape index (κ1) is 20.5. The number of likely N-dealkylation sites (tertiary alicyclic amines) is 1. The number of rotatable bonds is 6. The summed E-state index contributed by atoms with van der Waals surface area (Å²) in [4.78, 5) is 30.5. The van der Waals surface area contributed by atoms with Crippen LogP contribution in [-0.2, 0) is 9.59 Å². The largest absolute Gasteiger partial charge is 0.507 e. The van der Waals surface area contributed by atoms with Gasteiger partial charge in [-0.05, 0) is 30.2 Å². The summed E-state index contributed by atoms with van der Waals surface area (Å²) in [6.07, 6.45) is 2.32. The Morgan fingerprint density at radius 3 is 2.55 bits per heavy atom. The zero-order valence-corrected chi connectivity index (χ0v) is 17.6. The highest BCUT2D eigenvalue weighted by Gasteiger charge is 2.46. The Labute approximate surface area is 179 Å². The molecule has 2 heterocycles. The SMILES string of the molecule is CCCN1C(=O)C(=O)/C(=C(\O)c2c[nH]c3ccccc23)C1c1ccc(OC)c(OC)c1. The van der Waals surface area contributed by atoms with E-state index in [4.69, 9.17) is 9.47 Å². The normalized spacial score (nSPS) is 18.0. The van der Waals surface area contributed by atoms with E-state index in [0.29, 0.717) is 35.6 Å². The number of fused-ring (bicyclic) bond motifs is 1. The molecule has 1 aliphatic rings. The summed E-state index contributed by atoms with van der Waals surface area (Å²) in [6, 6.07) is 12.0. The number of hydrogen-bond donors (Lipinski definition) is 2. The number of aromatic amines is 1. The molecule has 1 aromatic heterocycles. The number of methoxy groups -OCH3 is 2. The van der Waals surface area contributed by atoms with Crippen LogP contribution in [0.2, 0.25) is 0 Å². The first-order valence-corrected chi connectivity index (χ1v) is 10.1. The number of Topliss-reactive ketones (excluding diaryl/α,β-unsaturated/α-hetero) is 1. The predicted octanol–water partition coefficient (Wildman–Crippen LogP) is 4.02. The van der Waals surface area contributed by atoms with E-state index in [0.717, 1.165) is 10.9 Å². The molecular weight excluding hydrogens is 396 g/mol. The number of carbonyl (C=O) groups is 2. The second-order valence-electron chi connectivity index (χ2n) is 7.35. The van der Waals surface area contributed by atoms with E-state index < -0.39 is 17.7 Å². The molecule has 0 spiro atoms. The van der Waals surface area contributed by atoms with Gasteiger partial charge in [-0.25, -0.2) is 0 Å². The number of carbonyl (C=O) groups excluding carboxylic acids is 2. The molecule has 3 aromatic rings. The molecule has 0 bridgehead atoms. The van der Waals surface area contributed by atoms with Crippen molar-refractivity contribution in [3.63, 3.8) is 0 Å². The smallest absolute Gasteiger partial charge is 0.295 e. The molecular formula is C24H24N2O5. The molecule has 4 rings (SSSR count). The van der Waals surface area contributed by atoms with Gasteiger partial charge in [-0.1, -0.05) is 31.2 Å². The van der Waals surface area contributed by atoms with E-state index in [-0.39, 0.29) is 11.3 Å². The third-order valence-corrected chi connectivity index (χ3v) is 5.57. The van der Waals surface area contributed by atoms with Gasteiger partial charge in [0.25, 0.3) is 11.7 Å². The van der Waals surface area contributed by atoms with Crippen LogP contribution < -0.4 is 9.47 Å². The minimum Gasteiger partial charge on any atom is -0.507 e. The van der Waals surface area contributed by atoms with Gasteiger partial charge in [-0.15, -0.1) is 0 Å². The van der Waals surface area contributed by atoms with Gasteiger partial charge < -0.3 is 24.5 Å². The summed E-state index contributed by atoms with van der Waals surface area (Å²) >= 11 is 0. The van der Waals surface area contributed by atoms with Crippen LogP contribution in [0, 0.1) is 0 Å². The van der Waals surface area contributed by atoms with Gasteiger partial charge >= 0.3 is 0 Å². The number of aliphatic hydroxyl groups is 1. The highest BCUT2D eigenvalue weighted by molar-refractivity contribution is 6.46.